The third kappa shape index (κ3) is 7.86. The molecule has 0 aliphatic rings. The number of hydrogen-bond donors (Lipinski definition) is 1. The van der Waals surface area contributed by atoms with Crippen LogP contribution in [0, 0.1) is 6.92 Å². The van der Waals surface area contributed by atoms with Crippen molar-refractivity contribution in [2.75, 3.05) is 12.3 Å². The summed E-state index contributed by atoms with van der Waals surface area (Å²) < 4.78 is 0. The van der Waals surface area contributed by atoms with Gasteiger partial charge >= 0.3 is 0 Å². The van der Waals surface area contributed by atoms with Crippen LogP contribution in [0.5, 0.6) is 0 Å². The fourth-order valence-corrected chi connectivity index (χ4v) is 4.08. The van der Waals surface area contributed by atoms with Crippen LogP contribution in [0.25, 0.3) is 0 Å². The van der Waals surface area contributed by atoms with Gasteiger partial charge in [-0.05, 0) is 37.5 Å². The Morgan fingerprint density at radius 1 is 1.03 bits per heavy atom. The quantitative estimate of drug-likeness (QED) is 0.375. The lowest BCUT2D eigenvalue weighted by Crippen LogP contribution is -2.49. The molecule has 1 N–H and O–H groups in total. The molecule has 1 atom stereocenters. The van der Waals surface area contributed by atoms with E-state index in [9.17, 15) is 9.59 Å². The molecule has 0 aliphatic carbocycles. The van der Waals surface area contributed by atoms with Gasteiger partial charge in [0.15, 0.2) is 0 Å². The van der Waals surface area contributed by atoms with Crippen LogP contribution in [0.2, 0.25) is 0 Å². The van der Waals surface area contributed by atoms with Gasteiger partial charge in [0.25, 0.3) is 0 Å². The van der Waals surface area contributed by atoms with Gasteiger partial charge in [-0.2, -0.15) is 0 Å². The smallest absolute Gasteiger partial charge is 0.242 e. The molecule has 0 spiro atoms. The standard InChI is InChI=1S/C25H34N2O2S/c1-4-6-17-26-25(29)23(5-2)27(19-21-10-8-7-9-11-21)24(28)16-18-30-22-14-12-20(3)13-15-22/h7-15,23H,4-6,16-19H2,1-3H3,(H,26,29). The fraction of sp³-hybridized carbons (Fsp3) is 0.440. The van der Waals surface area contributed by atoms with Crippen LogP contribution in [0.3, 0.4) is 0 Å². The first-order chi connectivity index (χ1) is 14.5. The van der Waals surface area contributed by atoms with Crippen LogP contribution in [0.15, 0.2) is 59.5 Å². The Kier molecular flexibility index (Phi) is 10.5. The first-order valence-electron chi connectivity index (χ1n) is 10.9. The predicted molar refractivity (Wildman–Crippen MR) is 126 cm³/mol. The lowest BCUT2D eigenvalue weighted by molar-refractivity contribution is -0.141. The highest BCUT2D eigenvalue weighted by Crippen LogP contribution is 2.21. The number of thioether (sulfide) groups is 1. The van der Waals surface area contributed by atoms with E-state index < -0.39 is 6.04 Å². The van der Waals surface area contributed by atoms with Crippen molar-refractivity contribution in [3.8, 4) is 0 Å². The maximum Gasteiger partial charge on any atom is 0.242 e. The van der Waals surface area contributed by atoms with E-state index in [1.54, 1.807) is 16.7 Å². The van der Waals surface area contributed by atoms with Crippen molar-refractivity contribution in [2.45, 2.75) is 63.9 Å². The van der Waals surface area contributed by atoms with Crippen molar-refractivity contribution >= 4 is 23.6 Å². The first kappa shape index (κ1) is 24.0. The third-order valence-electron chi connectivity index (χ3n) is 5.02. The Morgan fingerprint density at radius 2 is 1.73 bits per heavy atom. The average molecular weight is 427 g/mol. The number of benzene rings is 2. The fourth-order valence-electron chi connectivity index (χ4n) is 3.24. The van der Waals surface area contributed by atoms with Crippen molar-refractivity contribution in [1.82, 2.24) is 10.2 Å². The Hall–Kier alpha value is -2.27. The van der Waals surface area contributed by atoms with Gasteiger partial charge in [-0.25, -0.2) is 0 Å². The van der Waals surface area contributed by atoms with Gasteiger partial charge in [-0.15, -0.1) is 11.8 Å². The lowest BCUT2D eigenvalue weighted by Gasteiger charge is -2.30. The molecule has 0 saturated carbocycles. The molecular formula is C25H34N2O2S. The van der Waals surface area contributed by atoms with Crippen molar-refractivity contribution in [2.24, 2.45) is 0 Å². The van der Waals surface area contributed by atoms with Crippen molar-refractivity contribution in [1.29, 1.82) is 0 Å². The van der Waals surface area contributed by atoms with Gasteiger partial charge in [-0.1, -0.05) is 68.3 Å². The van der Waals surface area contributed by atoms with E-state index in [0.717, 1.165) is 23.3 Å². The van der Waals surface area contributed by atoms with Crippen LogP contribution < -0.4 is 5.32 Å². The molecule has 0 heterocycles. The third-order valence-corrected chi connectivity index (χ3v) is 6.03. The predicted octanol–water partition coefficient (Wildman–Crippen LogP) is 5.20. The molecule has 30 heavy (non-hydrogen) atoms. The number of hydrogen-bond acceptors (Lipinski definition) is 3. The van der Waals surface area contributed by atoms with E-state index in [1.165, 1.54) is 5.56 Å². The molecule has 162 valence electrons. The Bertz CT molecular complexity index is 777. The summed E-state index contributed by atoms with van der Waals surface area (Å²) in [5, 5.41) is 3.00. The number of nitrogens with zero attached hydrogens (tertiary/aromatic N) is 1. The minimum Gasteiger partial charge on any atom is -0.354 e. The van der Waals surface area contributed by atoms with Gasteiger partial charge in [0.1, 0.15) is 6.04 Å². The van der Waals surface area contributed by atoms with E-state index in [4.69, 9.17) is 0 Å². The zero-order valence-electron chi connectivity index (χ0n) is 18.4. The average Bonchev–Trinajstić information content (AvgIpc) is 2.76. The van der Waals surface area contributed by atoms with Gasteiger partial charge in [0.05, 0.1) is 0 Å². The summed E-state index contributed by atoms with van der Waals surface area (Å²) in [6, 6.07) is 17.8. The van der Waals surface area contributed by atoms with Crippen molar-refractivity contribution in [3.05, 3.63) is 65.7 Å². The molecule has 2 aromatic rings. The molecule has 0 aliphatic heterocycles. The van der Waals surface area contributed by atoms with Crippen molar-refractivity contribution < 1.29 is 9.59 Å². The molecule has 0 fully saturated rings. The van der Waals surface area contributed by atoms with Crippen LogP contribution in [0.1, 0.15) is 50.7 Å². The van der Waals surface area contributed by atoms with Gasteiger partial charge in [0, 0.05) is 30.2 Å². The summed E-state index contributed by atoms with van der Waals surface area (Å²) in [4.78, 5) is 28.9. The highest BCUT2D eigenvalue weighted by molar-refractivity contribution is 7.99. The Morgan fingerprint density at radius 3 is 2.37 bits per heavy atom. The molecule has 0 bridgehead atoms. The molecule has 0 radical (unpaired) electrons. The van der Waals surface area contributed by atoms with Gasteiger partial charge < -0.3 is 10.2 Å². The topological polar surface area (TPSA) is 49.4 Å². The summed E-state index contributed by atoms with van der Waals surface area (Å²) in [6.07, 6.45) is 2.98. The number of carbonyl (C=O) groups excluding carboxylic acids is 2. The van der Waals surface area contributed by atoms with Gasteiger partial charge in [0.2, 0.25) is 11.8 Å². The summed E-state index contributed by atoms with van der Waals surface area (Å²) in [7, 11) is 0. The van der Waals surface area contributed by atoms with E-state index in [2.05, 4.69) is 43.4 Å². The van der Waals surface area contributed by atoms with Crippen LogP contribution in [-0.4, -0.2) is 35.1 Å². The number of aryl methyl sites for hydroxylation is 1. The minimum absolute atomic E-state index is 0.0240. The highest BCUT2D eigenvalue weighted by Gasteiger charge is 2.28. The molecule has 0 saturated heterocycles. The number of amides is 2. The zero-order chi connectivity index (χ0) is 21.8. The zero-order valence-corrected chi connectivity index (χ0v) is 19.2. The molecule has 4 nitrogen and oxygen atoms in total. The number of rotatable bonds is 12. The van der Waals surface area contributed by atoms with E-state index in [0.29, 0.717) is 31.7 Å². The van der Waals surface area contributed by atoms with Crippen LogP contribution in [0.4, 0.5) is 0 Å². The first-order valence-corrected chi connectivity index (χ1v) is 11.8. The molecule has 2 rings (SSSR count). The lowest BCUT2D eigenvalue weighted by atomic mass is 10.1. The Labute approximate surface area is 185 Å². The van der Waals surface area contributed by atoms with E-state index >= 15 is 0 Å². The number of unbranched alkanes of at least 4 members (excludes halogenated alkanes) is 1. The second kappa shape index (κ2) is 13.1. The maximum absolute atomic E-state index is 13.2. The second-order valence-corrected chi connectivity index (χ2v) is 8.66. The van der Waals surface area contributed by atoms with Crippen LogP contribution in [-0.2, 0) is 16.1 Å². The minimum atomic E-state index is -0.445. The van der Waals surface area contributed by atoms with Crippen LogP contribution >= 0.6 is 11.8 Å². The van der Waals surface area contributed by atoms with E-state index in [1.807, 2.05) is 37.3 Å². The molecule has 1 unspecified atom stereocenters. The van der Waals surface area contributed by atoms with E-state index in [-0.39, 0.29) is 11.8 Å². The summed E-state index contributed by atoms with van der Waals surface area (Å²) in [5.74, 6) is 0.665. The number of carbonyl (C=O) groups is 2. The largest absolute Gasteiger partial charge is 0.354 e. The molecule has 0 aromatic heterocycles. The maximum atomic E-state index is 13.2. The highest BCUT2D eigenvalue weighted by atomic mass is 32.2. The van der Waals surface area contributed by atoms with Gasteiger partial charge in [-0.3, -0.25) is 9.59 Å². The molecule has 2 amide bonds. The molecule has 5 heteroatoms. The second-order valence-electron chi connectivity index (χ2n) is 7.49. The summed E-state index contributed by atoms with van der Waals surface area (Å²) in [5.41, 5.74) is 2.26. The Balaban J connectivity index is 2.05. The van der Waals surface area contributed by atoms with Crippen molar-refractivity contribution in [3.63, 3.8) is 0 Å². The summed E-state index contributed by atoms with van der Waals surface area (Å²) in [6.45, 7) is 7.24. The number of nitrogens with one attached hydrogen (secondary N) is 1. The monoisotopic (exact) mass is 426 g/mol. The molecule has 2 aromatic carbocycles. The normalized spacial score (nSPS) is 11.7. The molecular weight excluding hydrogens is 392 g/mol. The SMILES string of the molecule is CCCCNC(=O)C(CC)N(Cc1ccccc1)C(=O)CCSc1ccc(C)cc1. The summed E-state index contributed by atoms with van der Waals surface area (Å²) >= 11 is 1.68.